The van der Waals surface area contributed by atoms with Crippen LogP contribution in [0.2, 0.25) is 0 Å². The Morgan fingerprint density at radius 3 is 2.47 bits per heavy atom. The monoisotopic (exact) mass is 265 g/mol. The lowest BCUT2D eigenvalue weighted by Crippen LogP contribution is -2.37. The largest absolute Gasteiger partial charge is 0.465 e. The zero-order valence-corrected chi connectivity index (χ0v) is 11.8. The van der Waals surface area contributed by atoms with Gasteiger partial charge in [0.25, 0.3) is 0 Å². The first kappa shape index (κ1) is 15.7. The minimum absolute atomic E-state index is 0.0228. The van der Waals surface area contributed by atoms with Crippen LogP contribution in [-0.2, 0) is 9.53 Å². The predicted octanol–water partition coefficient (Wildman–Crippen LogP) is 2.04. The molecular weight excluding hydrogens is 242 g/mol. The summed E-state index contributed by atoms with van der Waals surface area (Å²) < 4.78 is 5.10. The van der Waals surface area contributed by atoms with Gasteiger partial charge in [0.05, 0.1) is 12.7 Å². The third-order valence-electron chi connectivity index (χ3n) is 2.80. The van der Waals surface area contributed by atoms with Gasteiger partial charge in [0, 0.05) is 6.04 Å². The predicted molar refractivity (Wildman–Crippen MR) is 74.7 cm³/mol. The molecule has 106 valence electrons. The van der Waals surface area contributed by atoms with Crippen molar-refractivity contribution in [1.82, 2.24) is 5.32 Å². The Bertz CT molecular complexity index is 378. The lowest BCUT2D eigenvalue weighted by molar-refractivity contribution is -0.146. The van der Waals surface area contributed by atoms with Crippen LogP contribution in [0.4, 0.5) is 0 Å². The van der Waals surface area contributed by atoms with Gasteiger partial charge in [-0.05, 0) is 32.8 Å². The van der Waals surface area contributed by atoms with E-state index in [0.717, 1.165) is 5.56 Å². The minimum Gasteiger partial charge on any atom is -0.465 e. The first-order valence-corrected chi connectivity index (χ1v) is 6.70. The van der Waals surface area contributed by atoms with E-state index in [1.165, 1.54) is 0 Å². The summed E-state index contributed by atoms with van der Waals surface area (Å²) in [5.74, 6) is -0.286. The van der Waals surface area contributed by atoms with E-state index in [2.05, 4.69) is 5.32 Å². The van der Waals surface area contributed by atoms with Crippen LogP contribution in [0.3, 0.4) is 0 Å². The summed E-state index contributed by atoms with van der Waals surface area (Å²) in [5, 5.41) is 12.6. The summed E-state index contributed by atoms with van der Waals surface area (Å²) in [6, 6.07) is 9.01. The van der Waals surface area contributed by atoms with E-state index < -0.39 is 12.1 Å². The number of ether oxygens (including phenoxy) is 1. The molecule has 1 aromatic rings. The molecule has 2 N–H and O–H groups in total. The standard InChI is InChI=1S/C15H23NO3/c1-4-19-15(18)14(13-8-6-5-7-9-13)16-11(2)10-12(3)17/h5-9,11-12,14,16-17H,4,10H2,1-3H3. The number of benzene rings is 1. The molecule has 0 aliphatic rings. The molecule has 0 bridgehead atoms. The highest BCUT2D eigenvalue weighted by Crippen LogP contribution is 2.16. The third kappa shape index (κ3) is 5.41. The Hall–Kier alpha value is -1.39. The van der Waals surface area contributed by atoms with E-state index in [-0.39, 0.29) is 12.0 Å². The van der Waals surface area contributed by atoms with Crippen LogP contribution in [0.1, 0.15) is 38.8 Å². The number of aliphatic hydroxyl groups excluding tert-OH is 1. The molecule has 0 heterocycles. The van der Waals surface area contributed by atoms with Gasteiger partial charge in [-0.2, -0.15) is 0 Å². The van der Waals surface area contributed by atoms with Crippen molar-refractivity contribution in [2.24, 2.45) is 0 Å². The molecule has 0 saturated heterocycles. The average molecular weight is 265 g/mol. The smallest absolute Gasteiger partial charge is 0.327 e. The molecule has 0 aliphatic carbocycles. The third-order valence-corrected chi connectivity index (χ3v) is 2.80. The molecule has 3 atom stereocenters. The number of carbonyl (C=O) groups is 1. The fourth-order valence-electron chi connectivity index (χ4n) is 2.04. The maximum Gasteiger partial charge on any atom is 0.327 e. The number of aliphatic hydroxyl groups is 1. The van der Waals surface area contributed by atoms with Crippen LogP contribution < -0.4 is 5.32 Å². The molecule has 19 heavy (non-hydrogen) atoms. The van der Waals surface area contributed by atoms with Gasteiger partial charge in [-0.15, -0.1) is 0 Å². The minimum atomic E-state index is -0.491. The Balaban J connectivity index is 2.78. The second-order valence-corrected chi connectivity index (χ2v) is 4.75. The first-order chi connectivity index (χ1) is 9.04. The van der Waals surface area contributed by atoms with Crippen molar-refractivity contribution >= 4 is 5.97 Å². The zero-order chi connectivity index (χ0) is 14.3. The molecule has 0 fully saturated rings. The topological polar surface area (TPSA) is 58.6 Å². The highest BCUT2D eigenvalue weighted by atomic mass is 16.5. The maximum absolute atomic E-state index is 12.0. The van der Waals surface area contributed by atoms with Crippen LogP contribution in [0.15, 0.2) is 30.3 Å². The van der Waals surface area contributed by atoms with Crippen molar-refractivity contribution in [3.05, 3.63) is 35.9 Å². The van der Waals surface area contributed by atoms with Crippen molar-refractivity contribution in [3.63, 3.8) is 0 Å². The molecule has 0 radical (unpaired) electrons. The van der Waals surface area contributed by atoms with Gasteiger partial charge in [0.1, 0.15) is 6.04 Å². The van der Waals surface area contributed by atoms with Crippen molar-refractivity contribution in [2.75, 3.05) is 6.61 Å². The highest BCUT2D eigenvalue weighted by molar-refractivity contribution is 5.77. The fraction of sp³-hybridized carbons (Fsp3) is 0.533. The summed E-state index contributed by atoms with van der Waals surface area (Å²) in [4.78, 5) is 12.0. The first-order valence-electron chi connectivity index (χ1n) is 6.70. The van der Waals surface area contributed by atoms with Gasteiger partial charge < -0.3 is 9.84 Å². The summed E-state index contributed by atoms with van der Waals surface area (Å²) in [6.07, 6.45) is 0.184. The second kappa shape index (κ2) is 7.92. The SMILES string of the molecule is CCOC(=O)C(NC(C)CC(C)O)c1ccccc1. The van der Waals surface area contributed by atoms with Gasteiger partial charge in [0.2, 0.25) is 0 Å². The molecule has 0 aliphatic heterocycles. The van der Waals surface area contributed by atoms with E-state index in [9.17, 15) is 9.90 Å². The summed E-state index contributed by atoms with van der Waals surface area (Å²) in [5.41, 5.74) is 0.874. The van der Waals surface area contributed by atoms with E-state index >= 15 is 0 Å². The lowest BCUT2D eigenvalue weighted by atomic mass is 10.0. The van der Waals surface area contributed by atoms with Crippen LogP contribution >= 0.6 is 0 Å². The summed E-state index contributed by atoms with van der Waals surface area (Å²) >= 11 is 0. The normalized spacial score (nSPS) is 15.6. The Morgan fingerprint density at radius 2 is 1.95 bits per heavy atom. The maximum atomic E-state index is 12.0. The molecule has 0 aromatic heterocycles. The molecular formula is C15H23NO3. The Morgan fingerprint density at radius 1 is 1.32 bits per heavy atom. The van der Waals surface area contributed by atoms with Gasteiger partial charge in [-0.25, -0.2) is 4.79 Å². The van der Waals surface area contributed by atoms with Gasteiger partial charge in [0.15, 0.2) is 0 Å². The number of carbonyl (C=O) groups excluding carboxylic acids is 1. The van der Waals surface area contributed by atoms with E-state index in [1.54, 1.807) is 13.8 Å². The summed E-state index contributed by atoms with van der Waals surface area (Å²) in [6.45, 7) is 5.83. The van der Waals surface area contributed by atoms with Crippen LogP contribution in [-0.4, -0.2) is 29.8 Å². The second-order valence-electron chi connectivity index (χ2n) is 4.75. The molecule has 0 amide bonds. The van der Waals surface area contributed by atoms with Crippen LogP contribution in [0, 0.1) is 0 Å². The van der Waals surface area contributed by atoms with Crippen LogP contribution in [0.25, 0.3) is 0 Å². The lowest BCUT2D eigenvalue weighted by Gasteiger charge is -2.23. The number of rotatable bonds is 7. The molecule has 0 spiro atoms. The Labute approximate surface area is 114 Å². The number of hydrogen-bond acceptors (Lipinski definition) is 4. The molecule has 3 unspecified atom stereocenters. The number of esters is 1. The van der Waals surface area contributed by atoms with E-state index in [0.29, 0.717) is 13.0 Å². The van der Waals surface area contributed by atoms with Crippen molar-refractivity contribution in [2.45, 2.75) is 45.4 Å². The molecule has 4 nitrogen and oxygen atoms in total. The molecule has 4 heteroatoms. The number of nitrogens with one attached hydrogen (secondary N) is 1. The molecule has 0 saturated carbocycles. The molecule has 1 aromatic carbocycles. The van der Waals surface area contributed by atoms with Crippen molar-refractivity contribution in [1.29, 1.82) is 0 Å². The fourth-order valence-corrected chi connectivity index (χ4v) is 2.04. The Kier molecular flexibility index (Phi) is 6.53. The van der Waals surface area contributed by atoms with E-state index in [1.807, 2.05) is 37.3 Å². The van der Waals surface area contributed by atoms with Crippen molar-refractivity contribution in [3.8, 4) is 0 Å². The summed E-state index contributed by atoms with van der Waals surface area (Å²) in [7, 11) is 0. The van der Waals surface area contributed by atoms with E-state index in [4.69, 9.17) is 4.74 Å². The average Bonchev–Trinajstić information content (AvgIpc) is 2.36. The van der Waals surface area contributed by atoms with Gasteiger partial charge in [-0.3, -0.25) is 5.32 Å². The molecule has 1 rings (SSSR count). The zero-order valence-electron chi connectivity index (χ0n) is 11.8. The highest BCUT2D eigenvalue weighted by Gasteiger charge is 2.23. The number of hydrogen-bond donors (Lipinski definition) is 2. The van der Waals surface area contributed by atoms with Crippen LogP contribution in [0.5, 0.6) is 0 Å². The van der Waals surface area contributed by atoms with Crippen molar-refractivity contribution < 1.29 is 14.6 Å². The van der Waals surface area contributed by atoms with Gasteiger partial charge >= 0.3 is 5.97 Å². The van der Waals surface area contributed by atoms with Gasteiger partial charge in [-0.1, -0.05) is 30.3 Å². The quantitative estimate of drug-likeness (QED) is 0.741.